The molecule has 0 bridgehead atoms. The number of hydrogen-bond donors (Lipinski definition) is 0. The summed E-state index contributed by atoms with van der Waals surface area (Å²) in [7, 11) is 0. The molecule has 0 aromatic heterocycles. The lowest BCUT2D eigenvalue weighted by atomic mass is 10.0. The summed E-state index contributed by atoms with van der Waals surface area (Å²) in [5.41, 5.74) is 0.0469. The number of halogens is 3. The lowest BCUT2D eigenvalue weighted by Gasteiger charge is -2.10. The standard InChI is InChI=1S/C14H17F3OS/c1-9(2)7-19-8-13(18)12-5-4-11(6-10(12)3)14(15,16)17/h4-6,9H,7-8H2,1-3H3. The third kappa shape index (κ3) is 4.90. The molecular weight excluding hydrogens is 273 g/mol. The number of ketones is 1. The number of benzene rings is 1. The van der Waals surface area contributed by atoms with Crippen LogP contribution in [0.1, 0.15) is 35.3 Å². The minimum absolute atomic E-state index is 0.114. The van der Waals surface area contributed by atoms with Gasteiger partial charge in [-0.1, -0.05) is 19.9 Å². The van der Waals surface area contributed by atoms with Crippen LogP contribution in [0.25, 0.3) is 0 Å². The molecule has 0 aliphatic rings. The van der Waals surface area contributed by atoms with Crippen LogP contribution in [0.15, 0.2) is 18.2 Å². The van der Waals surface area contributed by atoms with Crippen molar-refractivity contribution in [2.75, 3.05) is 11.5 Å². The molecule has 0 spiro atoms. The summed E-state index contributed by atoms with van der Waals surface area (Å²) in [5.74, 6) is 1.55. The smallest absolute Gasteiger partial charge is 0.293 e. The maximum atomic E-state index is 12.5. The van der Waals surface area contributed by atoms with Gasteiger partial charge in [0.2, 0.25) is 0 Å². The predicted molar refractivity (Wildman–Crippen MR) is 72.7 cm³/mol. The second-order valence-electron chi connectivity index (χ2n) is 4.86. The van der Waals surface area contributed by atoms with Gasteiger partial charge < -0.3 is 0 Å². The summed E-state index contributed by atoms with van der Waals surface area (Å²) in [6, 6.07) is 3.27. The first kappa shape index (κ1) is 16.1. The Kier molecular flexibility index (Phi) is 5.47. The van der Waals surface area contributed by atoms with Crippen LogP contribution in [0.2, 0.25) is 0 Å². The Labute approximate surface area is 115 Å². The van der Waals surface area contributed by atoms with E-state index in [-0.39, 0.29) is 5.78 Å². The number of rotatable bonds is 5. The number of carbonyl (C=O) groups is 1. The fourth-order valence-corrected chi connectivity index (χ4v) is 2.55. The number of hydrogen-bond acceptors (Lipinski definition) is 2. The van der Waals surface area contributed by atoms with E-state index in [1.807, 2.05) is 0 Å². The summed E-state index contributed by atoms with van der Waals surface area (Å²) >= 11 is 1.51. The van der Waals surface area contributed by atoms with E-state index in [0.717, 1.165) is 17.9 Å². The first-order valence-electron chi connectivity index (χ1n) is 6.00. The van der Waals surface area contributed by atoms with Gasteiger partial charge in [0.1, 0.15) is 0 Å². The van der Waals surface area contributed by atoms with E-state index >= 15 is 0 Å². The highest BCUT2D eigenvalue weighted by atomic mass is 32.2. The Balaban J connectivity index is 2.77. The fraction of sp³-hybridized carbons (Fsp3) is 0.500. The topological polar surface area (TPSA) is 17.1 Å². The normalized spacial score (nSPS) is 11.9. The van der Waals surface area contributed by atoms with Gasteiger partial charge in [0, 0.05) is 5.56 Å². The van der Waals surface area contributed by atoms with E-state index < -0.39 is 11.7 Å². The molecule has 0 aliphatic carbocycles. The largest absolute Gasteiger partial charge is 0.416 e. The molecule has 0 amide bonds. The first-order chi connectivity index (χ1) is 8.71. The fourth-order valence-electron chi connectivity index (χ4n) is 1.62. The first-order valence-corrected chi connectivity index (χ1v) is 7.16. The summed E-state index contributed by atoms with van der Waals surface area (Å²) in [4.78, 5) is 11.9. The molecule has 0 radical (unpaired) electrons. The molecule has 19 heavy (non-hydrogen) atoms. The van der Waals surface area contributed by atoms with E-state index in [9.17, 15) is 18.0 Å². The molecule has 0 fully saturated rings. The van der Waals surface area contributed by atoms with Crippen LogP contribution in [-0.4, -0.2) is 17.3 Å². The van der Waals surface area contributed by atoms with Gasteiger partial charge in [0.15, 0.2) is 5.78 Å². The van der Waals surface area contributed by atoms with Gasteiger partial charge in [-0.2, -0.15) is 24.9 Å². The Bertz CT molecular complexity index is 452. The number of carbonyl (C=O) groups excluding carboxylic acids is 1. The van der Waals surface area contributed by atoms with Gasteiger partial charge in [0.05, 0.1) is 11.3 Å². The highest BCUT2D eigenvalue weighted by Crippen LogP contribution is 2.30. The van der Waals surface area contributed by atoms with Gasteiger partial charge in [-0.3, -0.25) is 4.79 Å². The van der Waals surface area contributed by atoms with Crippen LogP contribution >= 0.6 is 11.8 Å². The zero-order valence-corrected chi connectivity index (χ0v) is 12.0. The summed E-state index contributed by atoms with van der Waals surface area (Å²) < 4.78 is 37.5. The molecule has 0 unspecified atom stereocenters. The van der Waals surface area contributed by atoms with Gasteiger partial charge in [0.25, 0.3) is 0 Å². The molecule has 0 aliphatic heterocycles. The molecular formula is C14H17F3OS. The van der Waals surface area contributed by atoms with Crippen LogP contribution in [0, 0.1) is 12.8 Å². The van der Waals surface area contributed by atoms with Crippen molar-refractivity contribution in [3.8, 4) is 0 Å². The van der Waals surface area contributed by atoms with Crippen molar-refractivity contribution in [2.24, 2.45) is 5.92 Å². The van der Waals surface area contributed by atoms with Crippen molar-refractivity contribution in [1.29, 1.82) is 0 Å². The predicted octanol–water partition coefficient (Wildman–Crippen LogP) is 4.59. The van der Waals surface area contributed by atoms with Crippen LogP contribution in [0.3, 0.4) is 0 Å². The zero-order valence-electron chi connectivity index (χ0n) is 11.2. The van der Waals surface area contributed by atoms with Crippen molar-refractivity contribution in [3.05, 3.63) is 34.9 Å². The van der Waals surface area contributed by atoms with Gasteiger partial charge >= 0.3 is 6.18 Å². The molecule has 1 rings (SSSR count). The molecule has 0 heterocycles. The van der Waals surface area contributed by atoms with Crippen molar-refractivity contribution in [2.45, 2.75) is 26.9 Å². The zero-order chi connectivity index (χ0) is 14.6. The average Bonchev–Trinajstić information content (AvgIpc) is 2.26. The van der Waals surface area contributed by atoms with Crippen molar-refractivity contribution in [3.63, 3.8) is 0 Å². The highest BCUT2D eigenvalue weighted by molar-refractivity contribution is 7.99. The third-order valence-electron chi connectivity index (χ3n) is 2.54. The van der Waals surface area contributed by atoms with Gasteiger partial charge in [-0.05, 0) is 36.3 Å². The Morgan fingerprint density at radius 1 is 1.32 bits per heavy atom. The molecule has 0 saturated carbocycles. The van der Waals surface area contributed by atoms with Crippen molar-refractivity contribution < 1.29 is 18.0 Å². The minimum Gasteiger partial charge on any atom is -0.293 e. The lowest BCUT2D eigenvalue weighted by molar-refractivity contribution is -0.137. The number of alkyl halides is 3. The maximum Gasteiger partial charge on any atom is 0.416 e. The monoisotopic (exact) mass is 290 g/mol. The lowest BCUT2D eigenvalue weighted by Crippen LogP contribution is -2.10. The number of Topliss-reactive ketones (excluding diaryl/α,β-unsaturated/α-hetero) is 1. The van der Waals surface area contributed by atoms with E-state index in [0.29, 0.717) is 22.8 Å². The molecule has 106 valence electrons. The second kappa shape index (κ2) is 6.46. The van der Waals surface area contributed by atoms with E-state index in [1.54, 1.807) is 0 Å². The quantitative estimate of drug-likeness (QED) is 0.738. The second-order valence-corrected chi connectivity index (χ2v) is 5.89. The van der Waals surface area contributed by atoms with Crippen LogP contribution in [0.5, 0.6) is 0 Å². The molecule has 5 heteroatoms. The molecule has 0 N–H and O–H groups in total. The Morgan fingerprint density at radius 3 is 2.42 bits per heavy atom. The van der Waals surface area contributed by atoms with Crippen LogP contribution in [-0.2, 0) is 6.18 Å². The number of aryl methyl sites for hydroxylation is 1. The Morgan fingerprint density at radius 2 is 1.95 bits per heavy atom. The average molecular weight is 290 g/mol. The van der Waals surface area contributed by atoms with Crippen LogP contribution in [0.4, 0.5) is 13.2 Å². The summed E-state index contributed by atoms with van der Waals surface area (Å²) in [6.45, 7) is 5.65. The van der Waals surface area contributed by atoms with Crippen molar-refractivity contribution in [1.82, 2.24) is 0 Å². The van der Waals surface area contributed by atoms with Crippen LogP contribution < -0.4 is 0 Å². The SMILES string of the molecule is Cc1cc(C(F)(F)F)ccc1C(=O)CSCC(C)C. The third-order valence-corrected chi connectivity index (χ3v) is 3.91. The van der Waals surface area contributed by atoms with E-state index in [2.05, 4.69) is 13.8 Å². The molecule has 1 aromatic carbocycles. The molecule has 0 atom stereocenters. The molecule has 1 nitrogen and oxygen atoms in total. The Hall–Kier alpha value is -0.970. The number of thioether (sulfide) groups is 1. The van der Waals surface area contributed by atoms with E-state index in [4.69, 9.17) is 0 Å². The summed E-state index contributed by atoms with van der Waals surface area (Å²) in [6.07, 6.45) is -4.36. The van der Waals surface area contributed by atoms with Gasteiger partial charge in [-0.15, -0.1) is 0 Å². The summed E-state index contributed by atoms with van der Waals surface area (Å²) in [5, 5.41) is 0. The highest BCUT2D eigenvalue weighted by Gasteiger charge is 2.30. The van der Waals surface area contributed by atoms with Gasteiger partial charge in [-0.25, -0.2) is 0 Å². The molecule has 1 aromatic rings. The van der Waals surface area contributed by atoms with E-state index in [1.165, 1.54) is 24.8 Å². The minimum atomic E-state index is -4.36. The maximum absolute atomic E-state index is 12.5. The van der Waals surface area contributed by atoms with Crippen molar-refractivity contribution >= 4 is 17.5 Å². The molecule has 0 saturated heterocycles.